The van der Waals surface area contributed by atoms with E-state index in [9.17, 15) is 9.18 Å². The van der Waals surface area contributed by atoms with E-state index in [1.165, 1.54) is 18.2 Å². The molecule has 1 amide bonds. The number of aromatic nitrogens is 5. The number of anilines is 1. The van der Waals surface area contributed by atoms with E-state index in [2.05, 4.69) is 20.7 Å². The van der Waals surface area contributed by atoms with E-state index in [1.807, 2.05) is 24.3 Å². The molecule has 8 heteroatoms. The van der Waals surface area contributed by atoms with E-state index < -0.39 is 0 Å². The lowest BCUT2D eigenvalue weighted by molar-refractivity contribution is -0.111. The van der Waals surface area contributed by atoms with Gasteiger partial charge in [0.25, 0.3) is 0 Å². The van der Waals surface area contributed by atoms with Gasteiger partial charge in [-0.1, -0.05) is 17.3 Å². The highest BCUT2D eigenvalue weighted by Gasteiger charge is 2.09. The molecule has 150 valence electrons. The number of carbonyl (C=O) groups excluding carboxylic acids is 1. The number of hydrogen-bond acceptors (Lipinski definition) is 4. The van der Waals surface area contributed by atoms with Crippen molar-refractivity contribution in [3.63, 3.8) is 0 Å². The van der Waals surface area contributed by atoms with Crippen LogP contribution in [0.15, 0.2) is 73.2 Å². The molecule has 0 aliphatic carbocycles. The molecule has 2 aromatic carbocycles. The first-order valence-corrected chi connectivity index (χ1v) is 9.28. The first-order chi connectivity index (χ1) is 14.6. The Labute approximate surface area is 172 Å². The van der Waals surface area contributed by atoms with Crippen molar-refractivity contribution < 1.29 is 9.18 Å². The Bertz CT molecular complexity index is 1160. The molecule has 0 spiro atoms. The minimum atomic E-state index is -0.301. The summed E-state index contributed by atoms with van der Waals surface area (Å²) in [5, 5.41) is 14.8. The van der Waals surface area contributed by atoms with E-state index >= 15 is 0 Å². The van der Waals surface area contributed by atoms with Gasteiger partial charge in [0.15, 0.2) is 0 Å². The van der Waals surface area contributed by atoms with Gasteiger partial charge in [-0.05, 0) is 48.0 Å². The summed E-state index contributed by atoms with van der Waals surface area (Å²) < 4.78 is 16.6. The molecule has 30 heavy (non-hydrogen) atoms. The number of hydrogen-bond donors (Lipinski definition) is 1. The number of amides is 1. The second kappa shape index (κ2) is 8.52. The van der Waals surface area contributed by atoms with Gasteiger partial charge in [0, 0.05) is 36.1 Å². The van der Waals surface area contributed by atoms with Crippen LogP contribution >= 0.6 is 0 Å². The highest BCUT2D eigenvalue weighted by Crippen LogP contribution is 2.24. The lowest BCUT2D eigenvalue weighted by Gasteiger charge is -2.05. The molecule has 0 radical (unpaired) electrons. The van der Waals surface area contributed by atoms with Crippen LogP contribution < -0.4 is 5.32 Å². The molecule has 0 bridgehead atoms. The molecule has 0 fully saturated rings. The fraction of sp³-hybridized carbons (Fsp3) is 0.0909. The molecule has 0 saturated heterocycles. The maximum Gasteiger partial charge on any atom is 0.248 e. The summed E-state index contributed by atoms with van der Waals surface area (Å²) in [5.74, 6) is -0.558. The van der Waals surface area contributed by atoms with Gasteiger partial charge in [-0.15, -0.1) is 5.10 Å². The van der Waals surface area contributed by atoms with Crippen molar-refractivity contribution in [2.24, 2.45) is 7.05 Å². The number of nitrogens with zero attached hydrogens (tertiary/aromatic N) is 5. The second-order valence-corrected chi connectivity index (χ2v) is 6.70. The zero-order valence-electron chi connectivity index (χ0n) is 16.2. The molecule has 0 atom stereocenters. The van der Waals surface area contributed by atoms with Gasteiger partial charge in [-0.25, -0.2) is 9.07 Å². The fourth-order valence-corrected chi connectivity index (χ4v) is 3.08. The van der Waals surface area contributed by atoms with E-state index in [4.69, 9.17) is 0 Å². The van der Waals surface area contributed by atoms with Crippen molar-refractivity contribution in [2.45, 2.75) is 6.54 Å². The minimum absolute atomic E-state index is 0.257. The lowest BCUT2D eigenvalue weighted by Crippen LogP contribution is -2.08. The molecule has 0 aliphatic rings. The molecule has 1 N–H and O–H groups in total. The monoisotopic (exact) mass is 402 g/mol. The normalized spacial score (nSPS) is 11.1. The molecule has 0 aliphatic heterocycles. The van der Waals surface area contributed by atoms with Crippen LogP contribution in [0.25, 0.3) is 17.3 Å². The molecular weight excluding hydrogens is 383 g/mol. The maximum atomic E-state index is 13.2. The summed E-state index contributed by atoms with van der Waals surface area (Å²) in [6.45, 7) is 0.612. The van der Waals surface area contributed by atoms with Crippen molar-refractivity contribution in [2.75, 3.05) is 5.32 Å². The Morgan fingerprint density at radius 1 is 1.13 bits per heavy atom. The third-order valence-electron chi connectivity index (χ3n) is 4.54. The van der Waals surface area contributed by atoms with Crippen LogP contribution in [0.4, 0.5) is 10.1 Å². The molecular formula is C22H19FN6O. The van der Waals surface area contributed by atoms with E-state index in [1.54, 1.807) is 53.2 Å². The second-order valence-electron chi connectivity index (χ2n) is 6.70. The third kappa shape index (κ3) is 4.49. The Hall–Kier alpha value is -4.07. The SMILES string of the molecule is Cn1ncc(/C=C/C(=O)Nc2ccc(Cn3ccnn3)cc2)c1-c1ccc(F)cc1. The maximum absolute atomic E-state index is 13.2. The van der Waals surface area contributed by atoms with Crippen LogP contribution in [-0.2, 0) is 18.4 Å². The summed E-state index contributed by atoms with van der Waals surface area (Å²) >= 11 is 0. The zero-order valence-corrected chi connectivity index (χ0v) is 16.2. The van der Waals surface area contributed by atoms with Gasteiger partial charge in [0.1, 0.15) is 5.82 Å². The van der Waals surface area contributed by atoms with Gasteiger partial charge >= 0.3 is 0 Å². The van der Waals surface area contributed by atoms with E-state index in [-0.39, 0.29) is 11.7 Å². The molecule has 2 heterocycles. The third-order valence-corrected chi connectivity index (χ3v) is 4.54. The van der Waals surface area contributed by atoms with Crippen molar-refractivity contribution in [1.29, 1.82) is 0 Å². The number of nitrogens with one attached hydrogen (secondary N) is 1. The smallest absolute Gasteiger partial charge is 0.248 e. The van der Waals surface area contributed by atoms with Crippen LogP contribution in [0.5, 0.6) is 0 Å². The van der Waals surface area contributed by atoms with Crippen LogP contribution in [-0.4, -0.2) is 30.7 Å². The Morgan fingerprint density at radius 2 is 1.90 bits per heavy atom. The quantitative estimate of drug-likeness (QED) is 0.501. The fourth-order valence-electron chi connectivity index (χ4n) is 3.08. The van der Waals surface area contributed by atoms with Crippen LogP contribution in [0.2, 0.25) is 0 Å². The predicted molar refractivity (Wildman–Crippen MR) is 112 cm³/mol. The van der Waals surface area contributed by atoms with Crippen molar-refractivity contribution in [3.05, 3.63) is 90.1 Å². The van der Waals surface area contributed by atoms with Gasteiger partial charge in [-0.3, -0.25) is 9.48 Å². The number of benzene rings is 2. The highest BCUT2D eigenvalue weighted by molar-refractivity contribution is 6.02. The number of halogens is 1. The first kappa shape index (κ1) is 19.3. The summed E-state index contributed by atoms with van der Waals surface area (Å²) in [4.78, 5) is 12.3. The van der Waals surface area contributed by atoms with Crippen LogP contribution in [0, 0.1) is 5.82 Å². The Morgan fingerprint density at radius 3 is 2.60 bits per heavy atom. The molecule has 4 aromatic rings. The van der Waals surface area contributed by atoms with E-state index in [0.29, 0.717) is 12.2 Å². The average Bonchev–Trinajstić information content (AvgIpc) is 3.38. The minimum Gasteiger partial charge on any atom is -0.323 e. The van der Waals surface area contributed by atoms with Crippen molar-refractivity contribution in [1.82, 2.24) is 24.8 Å². The highest BCUT2D eigenvalue weighted by atomic mass is 19.1. The number of carbonyl (C=O) groups is 1. The number of aryl methyl sites for hydroxylation is 1. The average molecular weight is 402 g/mol. The van der Waals surface area contributed by atoms with Crippen LogP contribution in [0.1, 0.15) is 11.1 Å². The summed E-state index contributed by atoms with van der Waals surface area (Å²) in [7, 11) is 1.80. The summed E-state index contributed by atoms with van der Waals surface area (Å²) in [6, 6.07) is 13.7. The standard InChI is InChI=1S/C22H19FN6O/c1-28-22(17-4-7-19(23)8-5-17)18(14-25-28)6-11-21(30)26-20-9-2-16(3-10-20)15-29-13-12-24-27-29/h2-14H,15H2,1H3,(H,26,30)/b11-6+. The Balaban J connectivity index is 1.42. The molecule has 7 nitrogen and oxygen atoms in total. The first-order valence-electron chi connectivity index (χ1n) is 9.28. The topological polar surface area (TPSA) is 77.6 Å². The lowest BCUT2D eigenvalue weighted by atomic mass is 10.1. The zero-order chi connectivity index (χ0) is 20.9. The van der Waals surface area contributed by atoms with Gasteiger partial charge < -0.3 is 5.32 Å². The van der Waals surface area contributed by atoms with Gasteiger partial charge in [0.2, 0.25) is 5.91 Å². The number of rotatable bonds is 6. The van der Waals surface area contributed by atoms with Crippen molar-refractivity contribution >= 4 is 17.7 Å². The molecule has 0 saturated carbocycles. The summed E-state index contributed by atoms with van der Waals surface area (Å²) in [5.41, 5.74) is 4.13. The van der Waals surface area contributed by atoms with Gasteiger partial charge in [0.05, 0.1) is 24.6 Å². The predicted octanol–water partition coefficient (Wildman–Crippen LogP) is 3.52. The van der Waals surface area contributed by atoms with Crippen molar-refractivity contribution in [3.8, 4) is 11.3 Å². The van der Waals surface area contributed by atoms with Crippen LogP contribution in [0.3, 0.4) is 0 Å². The van der Waals surface area contributed by atoms with E-state index in [0.717, 1.165) is 22.4 Å². The largest absolute Gasteiger partial charge is 0.323 e. The Kier molecular flexibility index (Phi) is 5.47. The molecule has 4 rings (SSSR count). The molecule has 2 aromatic heterocycles. The summed E-state index contributed by atoms with van der Waals surface area (Å²) in [6.07, 6.45) is 8.23. The molecule has 0 unspecified atom stereocenters. The van der Waals surface area contributed by atoms with Gasteiger partial charge in [-0.2, -0.15) is 5.10 Å².